The molecule has 1 fully saturated rings. The summed E-state index contributed by atoms with van der Waals surface area (Å²) >= 11 is 0. The van der Waals surface area contributed by atoms with E-state index in [9.17, 15) is 4.79 Å². The lowest BCUT2D eigenvalue weighted by atomic mass is 10.1. The zero-order valence-corrected chi connectivity index (χ0v) is 9.52. The standard InChI is InChI=1S/C12H16N2O3/c13-10-7-8(12(14)15)1-2-11(10)17-9-3-5-16-6-4-9/h1-2,7,9H,3-6,13H2,(H2,14,15). The Balaban J connectivity index is 2.08. The van der Waals surface area contributed by atoms with Crippen molar-refractivity contribution in [2.75, 3.05) is 18.9 Å². The molecule has 0 aliphatic carbocycles. The quantitative estimate of drug-likeness (QED) is 0.764. The number of amides is 1. The normalized spacial score (nSPS) is 16.7. The summed E-state index contributed by atoms with van der Waals surface area (Å²) in [5.74, 6) is 0.108. The molecule has 0 bridgehead atoms. The molecule has 1 aliphatic heterocycles. The lowest BCUT2D eigenvalue weighted by Crippen LogP contribution is -2.26. The minimum absolute atomic E-state index is 0.130. The first-order chi connectivity index (χ1) is 8.16. The predicted molar refractivity (Wildman–Crippen MR) is 63.8 cm³/mol. The van der Waals surface area contributed by atoms with Crippen LogP contribution in [0, 0.1) is 0 Å². The van der Waals surface area contributed by atoms with Crippen LogP contribution in [0.1, 0.15) is 23.2 Å². The Kier molecular flexibility index (Phi) is 3.49. The van der Waals surface area contributed by atoms with E-state index in [2.05, 4.69) is 0 Å². The molecule has 1 heterocycles. The van der Waals surface area contributed by atoms with Crippen molar-refractivity contribution in [3.63, 3.8) is 0 Å². The summed E-state index contributed by atoms with van der Waals surface area (Å²) < 4.78 is 11.0. The van der Waals surface area contributed by atoms with Crippen LogP contribution < -0.4 is 16.2 Å². The fraction of sp³-hybridized carbons (Fsp3) is 0.417. The van der Waals surface area contributed by atoms with Gasteiger partial charge in [-0.05, 0) is 18.2 Å². The number of carbonyl (C=O) groups is 1. The second kappa shape index (κ2) is 5.05. The average molecular weight is 236 g/mol. The highest BCUT2D eigenvalue weighted by Crippen LogP contribution is 2.25. The summed E-state index contributed by atoms with van der Waals surface area (Å²) in [7, 11) is 0. The van der Waals surface area contributed by atoms with Crippen molar-refractivity contribution < 1.29 is 14.3 Å². The van der Waals surface area contributed by atoms with E-state index in [1.54, 1.807) is 12.1 Å². The van der Waals surface area contributed by atoms with E-state index in [0.717, 1.165) is 12.8 Å². The number of primary amides is 1. The largest absolute Gasteiger partial charge is 0.488 e. The molecule has 2 rings (SSSR count). The Morgan fingerprint density at radius 2 is 2.06 bits per heavy atom. The molecule has 0 unspecified atom stereocenters. The number of hydrogen-bond acceptors (Lipinski definition) is 4. The lowest BCUT2D eigenvalue weighted by Gasteiger charge is -2.24. The first kappa shape index (κ1) is 11.7. The highest BCUT2D eigenvalue weighted by Gasteiger charge is 2.16. The molecule has 1 aromatic rings. The molecule has 1 amide bonds. The van der Waals surface area contributed by atoms with Crippen LogP contribution in [0.3, 0.4) is 0 Å². The van der Waals surface area contributed by atoms with Crippen molar-refractivity contribution in [1.29, 1.82) is 0 Å². The zero-order valence-electron chi connectivity index (χ0n) is 9.52. The van der Waals surface area contributed by atoms with Gasteiger partial charge in [-0.15, -0.1) is 0 Å². The number of benzene rings is 1. The van der Waals surface area contributed by atoms with Gasteiger partial charge >= 0.3 is 0 Å². The van der Waals surface area contributed by atoms with E-state index in [-0.39, 0.29) is 6.10 Å². The number of anilines is 1. The third-order valence-corrected chi connectivity index (χ3v) is 2.76. The summed E-state index contributed by atoms with van der Waals surface area (Å²) in [6.07, 6.45) is 1.85. The van der Waals surface area contributed by atoms with Crippen molar-refractivity contribution in [2.45, 2.75) is 18.9 Å². The average Bonchev–Trinajstić information content (AvgIpc) is 2.33. The van der Waals surface area contributed by atoms with Crippen LogP contribution in [-0.2, 0) is 4.74 Å². The molecule has 92 valence electrons. The number of hydrogen-bond donors (Lipinski definition) is 2. The van der Waals surface area contributed by atoms with Crippen LogP contribution in [0.15, 0.2) is 18.2 Å². The highest BCUT2D eigenvalue weighted by atomic mass is 16.5. The van der Waals surface area contributed by atoms with E-state index >= 15 is 0 Å². The molecule has 17 heavy (non-hydrogen) atoms. The molecular formula is C12H16N2O3. The van der Waals surface area contributed by atoms with Gasteiger partial charge in [-0.25, -0.2) is 0 Å². The molecular weight excluding hydrogens is 220 g/mol. The number of nitrogens with two attached hydrogens (primary N) is 2. The van der Waals surface area contributed by atoms with Gasteiger partial charge in [0.05, 0.1) is 18.9 Å². The van der Waals surface area contributed by atoms with Gasteiger partial charge in [0.2, 0.25) is 5.91 Å². The highest BCUT2D eigenvalue weighted by molar-refractivity contribution is 5.94. The Morgan fingerprint density at radius 3 is 2.65 bits per heavy atom. The third kappa shape index (κ3) is 2.88. The minimum Gasteiger partial charge on any atom is -0.488 e. The van der Waals surface area contributed by atoms with Crippen molar-refractivity contribution in [3.05, 3.63) is 23.8 Å². The van der Waals surface area contributed by atoms with Crippen LogP contribution in [-0.4, -0.2) is 25.2 Å². The number of carbonyl (C=O) groups excluding carboxylic acids is 1. The molecule has 0 spiro atoms. The van der Waals surface area contributed by atoms with Crippen LogP contribution in [0.25, 0.3) is 0 Å². The fourth-order valence-electron chi connectivity index (χ4n) is 1.78. The summed E-state index contributed by atoms with van der Waals surface area (Å²) in [6, 6.07) is 4.84. The molecule has 5 nitrogen and oxygen atoms in total. The SMILES string of the molecule is NC(=O)c1ccc(OC2CCOCC2)c(N)c1. The Hall–Kier alpha value is -1.75. The summed E-state index contributed by atoms with van der Waals surface area (Å²) in [5, 5.41) is 0. The molecule has 5 heteroatoms. The van der Waals surface area contributed by atoms with Crippen molar-refractivity contribution in [1.82, 2.24) is 0 Å². The molecule has 1 aliphatic rings. The molecule has 0 aromatic heterocycles. The van der Waals surface area contributed by atoms with Gasteiger partial charge < -0.3 is 20.9 Å². The summed E-state index contributed by atoms with van der Waals surface area (Å²) in [6.45, 7) is 1.42. The van der Waals surface area contributed by atoms with Crippen LogP contribution in [0.5, 0.6) is 5.75 Å². The number of rotatable bonds is 3. The second-order valence-electron chi connectivity index (χ2n) is 4.05. The first-order valence-corrected chi connectivity index (χ1v) is 5.60. The topological polar surface area (TPSA) is 87.6 Å². The molecule has 4 N–H and O–H groups in total. The van der Waals surface area contributed by atoms with Gasteiger partial charge in [-0.2, -0.15) is 0 Å². The number of ether oxygens (including phenoxy) is 2. The molecule has 0 saturated carbocycles. The fourth-order valence-corrected chi connectivity index (χ4v) is 1.78. The van der Waals surface area contributed by atoms with Crippen LogP contribution in [0.4, 0.5) is 5.69 Å². The third-order valence-electron chi connectivity index (χ3n) is 2.76. The maximum Gasteiger partial charge on any atom is 0.248 e. The predicted octanol–water partition coefficient (Wildman–Crippen LogP) is 0.925. The summed E-state index contributed by atoms with van der Waals surface area (Å²) in [4.78, 5) is 11.0. The van der Waals surface area contributed by atoms with Crippen molar-refractivity contribution in [2.24, 2.45) is 5.73 Å². The molecule has 1 aromatic carbocycles. The second-order valence-corrected chi connectivity index (χ2v) is 4.05. The molecule has 1 saturated heterocycles. The van der Waals surface area contributed by atoms with Gasteiger partial charge in [0.1, 0.15) is 11.9 Å². The van der Waals surface area contributed by atoms with Gasteiger partial charge in [-0.1, -0.05) is 0 Å². The van der Waals surface area contributed by atoms with Gasteiger partial charge in [0, 0.05) is 18.4 Å². The van der Waals surface area contributed by atoms with Crippen LogP contribution in [0.2, 0.25) is 0 Å². The van der Waals surface area contributed by atoms with Gasteiger partial charge in [-0.3, -0.25) is 4.79 Å². The smallest absolute Gasteiger partial charge is 0.248 e. The minimum atomic E-state index is -0.491. The monoisotopic (exact) mass is 236 g/mol. The van der Waals surface area contributed by atoms with E-state index in [4.69, 9.17) is 20.9 Å². The van der Waals surface area contributed by atoms with Gasteiger partial charge in [0.15, 0.2) is 0 Å². The maximum absolute atomic E-state index is 11.0. The van der Waals surface area contributed by atoms with Gasteiger partial charge in [0.25, 0.3) is 0 Å². The molecule has 0 atom stereocenters. The van der Waals surface area contributed by atoms with E-state index in [1.165, 1.54) is 6.07 Å². The Labute approximate surface area is 99.7 Å². The first-order valence-electron chi connectivity index (χ1n) is 5.60. The van der Waals surface area contributed by atoms with Crippen molar-refractivity contribution in [3.8, 4) is 5.75 Å². The Bertz CT molecular complexity index is 414. The number of nitrogen functional groups attached to an aromatic ring is 1. The van der Waals surface area contributed by atoms with E-state index in [1.807, 2.05) is 0 Å². The van der Waals surface area contributed by atoms with E-state index in [0.29, 0.717) is 30.2 Å². The molecule has 0 radical (unpaired) electrons. The lowest BCUT2D eigenvalue weighted by molar-refractivity contribution is 0.0258. The Morgan fingerprint density at radius 1 is 1.35 bits per heavy atom. The maximum atomic E-state index is 11.0. The van der Waals surface area contributed by atoms with E-state index < -0.39 is 5.91 Å². The van der Waals surface area contributed by atoms with Crippen molar-refractivity contribution >= 4 is 11.6 Å². The summed E-state index contributed by atoms with van der Waals surface area (Å²) in [5.41, 5.74) is 11.8. The zero-order chi connectivity index (χ0) is 12.3. The van der Waals surface area contributed by atoms with Crippen LogP contribution >= 0.6 is 0 Å².